The van der Waals surface area contributed by atoms with Crippen LogP contribution in [0.15, 0.2) is 66.9 Å². The average molecular weight is 375 g/mol. The summed E-state index contributed by atoms with van der Waals surface area (Å²) in [6, 6.07) is 20.3. The van der Waals surface area contributed by atoms with Gasteiger partial charge in [0, 0.05) is 37.8 Å². The molecular weight excluding hydrogens is 350 g/mol. The number of nitrogens with one attached hydrogen (secondary N) is 1. The summed E-state index contributed by atoms with van der Waals surface area (Å²) in [4.78, 5) is 19.3. The number of para-hydroxylation sites is 1. The number of benzene rings is 2. The third kappa shape index (κ3) is 4.74. The van der Waals surface area contributed by atoms with Crippen molar-refractivity contribution in [2.75, 3.05) is 26.2 Å². The summed E-state index contributed by atoms with van der Waals surface area (Å²) in [5.74, 6) is 0.00179. The summed E-state index contributed by atoms with van der Waals surface area (Å²) >= 11 is 0. The maximum atomic E-state index is 12.5. The predicted molar refractivity (Wildman–Crippen MR) is 110 cm³/mol. The minimum atomic E-state index is 0.00179. The van der Waals surface area contributed by atoms with Crippen LogP contribution in [-0.2, 0) is 22.5 Å². The Morgan fingerprint density at radius 1 is 1.11 bits per heavy atom. The van der Waals surface area contributed by atoms with Crippen molar-refractivity contribution in [1.29, 1.82) is 0 Å². The number of nitrogens with zero attached hydrogens (tertiary/aromatic N) is 2. The lowest BCUT2D eigenvalue weighted by molar-refractivity contribution is -0.121. The largest absolute Gasteiger partial charge is 0.374 e. The number of ether oxygens (including phenoxy) is 1. The molecule has 2 heterocycles. The van der Waals surface area contributed by atoms with Crippen molar-refractivity contribution < 1.29 is 9.53 Å². The van der Waals surface area contributed by atoms with Gasteiger partial charge in [-0.2, -0.15) is 0 Å². The Morgan fingerprint density at radius 2 is 1.96 bits per heavy atom. The van der Waals surface area contributed by atoms with E-state index in [4.69, 9.17) is 4.74 Å². The van der Waals surface area contributed by atoms with Crippen LogP contribution in [0.2, 0.25) is 0 Å². The van der Waals surface area contributed by atoms with Crippen LogP contribution in [0.3, 0.4) is 0 Å². The molecule has 0 spiro atoms. The second-order valence-corrected chi connectivity index (χ2v) is 7.19. The van der Waals surface area contributed by atoms with E-state index in [0.717, 1.165) is 36.1 Å². The van der Waals surface area contributed by atoms with E-state index in [0.29, 0.717) is 19.6 Å². The van der Waals surface area contributed by atoms with Crippen LogP contribution in [0, 0.1) is 0 Å². The molecule has 1 unspecified atom stereocenters. The Balaban J connectivity index is 1.29. The summed E-state index contributed by atoms with van der Waals surface area (Å²) in [7, 11) is 0. The quantitative estimate of drug-likeness (QED) is 0.720. The molecule has 5 nitrogen and oxygen atoms in total. The Kier molecular flexibility index (Phi) is 5.95. The van der Waals surface area contributed by atoms with E-state index >= 15 is 0 Å². The van der Waals surface area contributed by atoms with Gasteiger partial charge in [-0.15, -0.1) is 0 Å². The standard InChI is InChI=1S/C23H25N3O2/c27-22(14-20-9-4-8-19-10-5-11-24-23(19)20)25-15-21-17-26(12-13-28-21)16-18-6-2-1-3-7-18/h1-11,21H,12-17H2,(H,25,27). The lowest BCUT2D eigenvalue weighted by Crippen LogP contribution is -2.47. The van der Waals surface area contributed by atoms with Crippen molar-refractivity contribution in [3.05, 3.63) is 78.0 Å². The van der Waals surface area contributed by atoms with Crippen molar-refractivity contribution in [3.8, 4) is 0 Å². The minimum Gasteiger partial charge on any atom is -0.374 e. The monoisotopic (exact) mass is 375 g/mol. The molecule has 1 amide bonds. The zero-order valence-electron chi connectivity index (χ0n) is 15.9. The fourth-order valence-electron chi connectivity index (χ4n) is 3.66. The number of hydrogen-bond acceptors (Lipinski definition) is 4. The van der Waals surface area contributed by atoms with Crippen molar-refractivity contribution in [2.45, 2.75) is 19.1 Å². The molecule has 0 saturated carbocycles. The number of amides is 1. The van der Waals surface area contributed by atoms with E-state index in [1.54, 1.807) is 6.20 Å². The Labute approximate surface area is 165 Å². The first kappa shape index (κ1) is 18.6. The third-order valence-electron chi connectivity index (χ3n) is 5.07. The van der Waals surface area contributed by atoms with Crippen LogP contribution in [0.25, 0.3) is 10.9 Å². The van der Waals surface area contributed by atoms with Crippen LogP contribution in [0.4, 0.5) is 0 Å². The molecule has 1 atom stereocenters. The smallest absolute Gasteiger partial charge is 0.224 e. The molecule has 1 fully saturated rings. The maximum absolute atomic E-state index is 12.5. The lowest BCUT2D eigenvalue weighted by Gasteiger charge is -2.33. The van der Waals surface area contributed by atoms with Crippen LogP contribution in [0.1, 0.15) is 11.1 Å². The van der Waals surface area contributed by atoms with Crippen molar-refractivity contribution in [2.24, 2.45) is 0 Å². The van der Waals surface area contributed by atoms with Crippen LogP contribution in [-0.4, -0.2) is 48.1 Å². The van der Waals surface area contributed by atoms with E-state index in [2.05, 4.69) is 39.5 Å². The number of fused-ring (bicyclic) bond motifs is 1. The molecule has 1 aliphatic heterocycles. The molecule has 1 aliphatic rings. The van der Waals surface area contributed by atoms with Gasteiger partial charge in [0.25, 0.3) is 0 Å². The normalized spacial score (nSPS) is 17.5. The lowest BCUT2D eigenvalue weighted by atomic mass is 10.1. The van der Waals surface area contributed by atoms with Crippen molar-refractivity contribution >= 4 is 16.8 Å². The van der Waals surface area contributed by atoms with E-state index in [1.165, 1.54) is 5.56 Å². The molecule has 1 N–H and O–H groups in total. The van der Waals surface area contributed by atoms with Gasteiger partial charge < -0.3 is 10.1 Å². The van der Waals surface area contributed by atoms with Gasteiger partial charge in [-0.3, -0.25) is 14.7 Å². The minimum absolute atomic E-state index is 0.00179. The molecule has 144 valence electrons. The van der Waals surface area contributed by atoms with Gasteiger partial charge in [0.1, 0.15) is 0 Å². The molecular formula is C23H25N3O2. The van der Waals surface area contributed by atoms with Crippen LogP contribution < -0.4 is 5.32 Å². The molecule has 0 bridgehead atoms. The van der Waals surface area contributed by atoms with E-state index < -0.39 is 0 Å². The number of morpholine rings is 1. The highest BCUT2D eigenvalue weighted by atomic mass is 16.5. The highest BCUT2D eigenvalue weighted by Crippen LogP contribution is 2.16. The summed E-state index contributed by atoms with van der Waals surface area (Å²) < 4.78 is 5.85. The second-order valence-electron chi connectivity index (χ2n) is 7.19. The molecule has 3 aromatic rings. The Morgan fingerprint density at radius 3 is 2.86 bits per heavy atom. The molecule has 5 heteroatoms. The number of carbonyl (C=O) groups excluding carboxylic acids is 1. The van der Waals surface area contributed by atoms with Gasteiger partial charge in [0.15, 0.2) is 0 Å². The van der Waals surface area contributed by atoms with Gasteiger partial charge in [0.05, 0.1) is 24.6 Å². The van der Waals surface area contributed by atoms with Crippen molar-refractivity contribution in [1.82, 2.24) is 15.2 Å². The van der Waals surface area contributed by atoms with E-state index in [1.807, 2.05) is 36.4 Å². The highest BCUT2D eigenvalue weighted by Gasteiger charge is 2.21. The predicted octanol–water partition coefficient (Wildman–Crippen LogP) is 2.79. The van der Waals surface area contributed by atoms with Gasteiger partial charge in [0.2, 0.25) is 5.91 Å². The first-order valence-electron chi connectivity index (χ1n) is 9.75. The average Bonchev–Trinajstić information content (AvgIpc) is 2.74. The molecule has 1 saturated heterocycles. The first-order chi connectivity index (χ1) is 13.8. The maximum Gasteiger partial charge on any atom is 0.224 e. The van der Waals surface area contributed by atoms with Crippen LogP contribution in [0.5, 0.6) is 0 Å². The summed E-state index contributed by atoms with van der Waals surface area (Å²) in [6.45, 7) is 3.88. The zero-order valence-corrected chi connectivity index (χ0v) is 15.9. The molecule has 4 rings (SSSR count). The van der Waals surface area contributed by atoms with E-state index in [9.17, 15) is 4.79 Å². The summed E-state index contributed by atoms with van der Waals surface area (Å²) in [5.41, 5.74) is 3.14. The fraction of sp³-hybridized carbons (Fsp3) is 0.304. The van der Waals surface area contributed by atoms with E-state index in [-0.39, 0.29) is 12.0 Å². The molecule has 0 aliphatic carbocycles. The number of pyridine rings is 1. The topological polar surface area (TPSA) is 54.5 Å². The van der Waals surface area contributed by atoms with Gasteiger partial charge >= 0.3 is 0 Å². The number of rotatable bonds is 6. The molecule has 0 radical (unpaired) electrons. The molecule has 2 aromatic carbocycles. The number of carbonyl (C=O) groups is 1. The first-order valence-corrected chi connectivity index (χ1v) is 9.75. The zero-order chi connectivity index (χ0) is 19.2. The van der Waals surface area contributed by atoms with Gasteiger partial charge in [-0.05, 0) is 17.2 Å². The third-order valence-corrected chi connectivity index (χ3v) is 5.07. The number of aromatic nitrogens is 1. The summed E-state index contributed by atoms with van der Waals surface area (Å²) in [5, 5.41) is 4.09. The van der Waals surface area contributed by atoms with Gasteiger partial charge in [-0.1, -0.05) is 54.6 Å². The summed E-state index contributed by atoms with van der Waals surface area (Å²) in [6.07, 6.45) is 2.11. The second kappa shape index (κ2) is 8.95. The number of hydrogen-bond donors (Lipinski definition) is 1. The highest BCUT2D eigenvalue weighted by molar-refractivity contribution is 5.87. The Hall–Kier alpha value is -2.76. The van der Waals surface area contributed by atoms with Crippen LogP contribution >= 0.6 is 0 Å². The SMILES string of the molecule is O=C(Cc1cccc2cccnc12)NCC1CN(Cc2ccccc2)CCO1. The van der Waals surface area contributed by atoms with Gasteiger partial charge in [-0.25, -0.2) is 0 Å². The fourth-order valence-corrected chi connectivity index (χ4v) is 3.66. The molecule has 28 heavy (non-hydrogen) atoms. The Bertz CT molecular complexity index is 924. The van der Waals surface area contributed by atoms with Crippen molar-refractivity contribution in [3.63, 3.8) is 0 Å². The molecule has 1 aromatic heterocycles.